The number of aryl methyl sites for hydroxylation is 1. The van der Waals surface area contributed by atoms with E-state index in [2.05, 4.69) is 10.00 Å². The van der Waals surface area contributed by atoms with Crippen molar-refractivity contribution in [1.29, 1.82) is 0 Å². The number of rotatable bonds is 2. The van der Waals surface area contributed by atoms with E-state index in [0.717, 1.165) is 18.9 Å². The Morgan fingerprint density at radius 3 is 2.53 bits per heavy atom. The van der Waals surface area contributed by atoms with Crippen molar-refractivity contribution in [2.24, 2.45) is 12.8 Å². The second kappa shape index (κ2) is 4.66. The van der Waals surface area contributed by atoms with Crippen molar-refractivity contribution in [3.8, 4) is 0 Å². The van der Waals surface area contributed by atoms with Gasteiger partial charge < -0.3 is 10.6 Å². The summed E-state index contributed by atoms with van der Waals surface area (Å²) in [4.78, 5) is 2.38. The molecule has 0 bridgehead atoms. The summed E-state index contributed by atoms with van der Waals surface area (Å²) in [5.41, 5.74) is 6.90. The van der Waals surface area contributed by atoms with E-state index in [4.69, 9.17) is 5.73 Å². The van der Waals surface area contributed by atoms with Crippen LogP contribution in [0.15, 0.2) is 6.20 Å². The molecule has 0 aromatic carbocycles. The minimum Gasteiger partial charge on any atom is -0.355 e. The molecule has 0 amide bonds. The molecule has 1 aromatic heterocycles. The lowest BCUT2D eigenvalue weighted by molar-refractivity contribution is 0.726. The predicted octanol–water partition coefficient (Wildman–Crippen LogP) is 1.26. The molecule has 1 aromatic rings. The summed E-state index contributed by atoms with van der Waals surface area (Å²) in [7, 11) is 1.96. The zero-order chi connectivity index (χ0) is 10.7. The maximum atomic E-state index is 5.73. The highest BCUT2D eigenvalue weighted by Crippen LogP contribution is 2.21. The van der Waals surface area contributed by atoms with Gasteiger partial charge in [-0.2, -0.15) is 5.10 Å². The van der Waals surface area contributed by atoms with Crippen molar-refractivity contribution < 1.29 is 0 Å². The Kier molecular flexibility index (Phi) is 3.26. The predicted molar refractivity (Wildman–Crippen MR) is 61.8 cm³/mol. The van der Waals surface area contributed by atoms with Gasteiger partial charge in [-0.05, 0) is 12.8 Å². The Morgan fingerprint density at radius 1 is 1.27 bits per heavy atom. The number of hydrogen-bond donors (Lipinski definition) is 1. The highest BCUT2D eigenvalue weighted by Gasteiger charge is 2.15. The first-order valence-electron chi connectivity index (χ1n) is 5.79. The van der Waals surface area contributed by atoms with Crippen LogP contribution < -0.4 is 10.6 Å². The van der Waals surface area contributed by atoms with Crippen LogP contribution in [0.5, 0.6) is 0 Å². The second-order valence-corrected chi connectivity index (χ2v) is 4.26. The number of hydrogen-bond acceptors (Lipinski definition) is 3. The van der Waals surface area contributed by atoms with Gasteiger partial charge in [0.05, 0.1) is 0 Å². The molecule has 2 heterocycles. The van der Waals surface area contributed by atoms with Gasteiger partial charge in [0.15, 0.2) is 5.82 Å². The second-order valence-electron chi connectivity index (χ2n) is 4.26. The number of nitrogens with two attached hydrogens (primary N) is 1. The van der Waals surface area contributed by atoms with Crippen LogP contribution >= 0.6 is 0 Å². The molecule has 2 rings (SSSR count). The minimum absolute atomic E-state index is 0.583. The van der Waals surface area contributed by atoms with Crippen LogP contribution in [0.3, 0.4) is 0 Å². The van der Waals surface area contributed by atoms with E-state index < -0.39 is 0 Å². The van der Waals surface area contributed by atoms with Gasteiger partial charge in [-0.25, -0.2) is 0 Å². The molecule has 2 N–H and O–H groups in total. The molecule has 0 saturated carbocycles. The van der Waals surface area contributed by atoms with Gasteiger partial charge in [-0.3, -0.25) is 4.68 Å². The third kappa shape index (κ3) is 2.31. The van der Waals surface area contributed by atoms with Gasteiger partial charge in [0.2, 0.25) is 0 Å². The summed E-state index contributed by atoms with van der Waals surface area (Å²) in [5, 5.41) is 4.51. The van der Waals surface area contributed by atoms with E-state index in [1.807, 2.05) is 17.9 Å². The minimum atomic E-state index is 0.583. The number of anilines is 1. The van der Waals surface area contributed by atoms with Crippen LogP contribution in [0, 0.1) is 0 Å². The van der Waals surface area contributed by atoms with Crippen LogP contribution in [0.1, 0.15) is 31.2 Å². The lowest BCUT2D eigenvalue weighted by Gasteiger charge is -2.20. The van der Waals surface area contributed by atoms with Crippen molar-refractivity contribution in [3.63, 3.8) is 0 Å². The molecule has 1 aliphatic rings. The first-order valence-corrected chi connectivity index (χ1v) is 5.79. The summed E-state index contributed by atoms with van der Waals surface area (Å²) < 4.78 is 1.86. The Labute approximate surface area is 91.1 Å². The maximum absolute atomic E-state index is 5.73. The largest absolute Gasteiger partial charge is 0.355 e. The molecule has 0 unspecified atom stereocenters. The van der Waals surface area contributed by atoms with Crippen LogP contribution in [-0.2, 0) is 13.6 Å². The molecule has 1 fully saturated rings. The van der Waals surface area contributed by atoms with E-state index in [0.29, 0.717) is 6.54 Å². The van der Waals surface area contributed by atoms with Gasteiger partial charge in [0.25, 0.3) is 0 Å². The summed E-state index contributed by atoms with van der Waals surface area (Å²) in [5.74, 6) is 1.10. The van der Waals surface area contributed by atoms with E-state index in [1.54, 1.807) is 0 Å². The maximum Gasteiger partial charge on any atom is 0.155 e. The number of nitrogens with zero attached hydrogens (tertiary/aromatic N) is 3. The Balaban J connectivity index is 2.18. The Bertz CT molecular complexity index is 310. The quantitative estimate of drug-likeness (QED) is 0.796. The average Bonchev–Trinajstić information content (AvgIpc) is 2.47. The van der Waals surface area contributed by atoms with Gasteiger partial charge in [-0.1, -0.05) is 12.8 Å². The van der Waals surface area contributed by atoms with Crippen molar-refractivity contribution in [1.82, 2.24) is 9.78 Å². The topological polar surface area (TPSA) is 47.1 Å². The van der Waals surface area contributed by atoms with Gasteiger partial charge >= 0.3 is 0 Å². The van der Waals surface area contributed by atoms with E-state index in [-0.39, 0.29) is 0 Å². The van der Waals surface area contributed by atoms with Gasteiger partial charge in [0, 0.05) is 38.4 Å². The molecule has 0 atom stereocenters. The highest BCUT2D eigenvalue weighted by atomic mass is 15.3. The van der Waals surface area contributed by atoms with Crippen LogP contribution in [0.25, 0.3) is 0 Å². The van der Waals surface area contributed by atoms with Gasteiger partial charge in [-0.15, -0.1) is 0 Å². The van der Waals surface area contributed by atoms with E-state index in [9.17, 15) is 0 Å². The molecule has 4 nitrogen and oxygen atoms in total. The third-order valence-electron chi connectivity index (χ3n) is 3.01. The first-order chi connectivity index (χ1) is 7.31. The standard InChI is InChI=1S/C11H20N4/c1-14-9-10(8-12)11(13-14)15-6-4-2-3-5-7-15/h9H,2-8,12H2,1H3. The first kappa shape index (κ1) is 10.5. The molecule has 4 heteroatoms. The summed E-state index contributed by atoms with van der Waals surface area (Å²) in [6.07, 6.45) is 7.28. The molecule has 1 aliphatic heterocycles. The van der Waals surface area contributed by atoms with Crippen LogP contribution in [-0.4, -0.2) is 22.9 Å². The van der Waals surface area contributed by atoms with E-state index >= 15 is 0 Å². The van der Waals surface area contributed by atoms with Crippen molar-refractivity contribution >= 4 is 5.82 Å². The summed E-state index contributed by atoms with van der Waals surface area (Å²) in [6.45, 7) is 2.84. The fourth-order valence-corrected chi connectivity index (χ4v) is 2.22. The highest BCUT2D eigenvalue weighted by molar-refractivity contribution is 5.46. The monoisotopic (exact) mass is 208 g/mol. The Morgan fingerprint density at radius 2 is 1.93 bits per heavy atom. The van der Waals surface area contributed by atoms with Gasteiger partial charge in [0.1, 0.15) is 0 Å². The summed E-state index contributed by atoms with van der Waals surface area (Å²) in [6, 6.07) is 0. The van der Waals surface area contributed by atoms with Crippen molar-refractivity contribution in [3.05, 3.63) is 11.8 Å². The SMILES string of the molecule is Cn1cc(CN)c(N2CCCCCC2)n1. The fourth-order valence-electron chi connectivity index (χ4n) is 2.22. The summed E-state index contributed by atoms with van der Waals surface area (Å²) >= 11 is 0. The van der Waals surface area contributed by atoms with Crippen molar-refractivity contribution in [2.45, 2.75) is 32.2 Å². The zero-order valence-corrected chi connectivity index (χ0v) is 9.45. The van der Waals surface area contributed by atoms with Crippen LogP contribution in [0.2, 0.25) is 0 Å². The normalized spacial score (nSPS) is 17.9. The smallest absolute Gasteiger partial charge is 0.155 e. The lowest BCUT2D eigenvalue weighted by Crippen LogP contribution is -2.25. The average molecular weight is 208 g/mol. The molecule has 1 saturated heterocycles. The zero-order valence-electron chi connectivity index (χ0n) is 9.45. The molecule has 0 spiro atoms. The molecular formula is C11H20N4. The Hall–Kier alpha value is -1.03. The molecule has 15 heavy (non-hydrogen) atoms. The molecule has 84 valence electrons. The molecule has 0 aliphatic carbocycles. The number of aromatic nitrogens is 2. The van der Waals surface area contributed by atoms with Crippen LogP contribution in [0.4, 0.5) is 5.82 Å². The van der Waals surface area contributed by atoms with Crippen molar-refractivity contribution in [2.75, 3.05) is 18.0 Å². The molecular weight excluding hydrogens is 188 g/mol. The fraction of sp³-hybridized carbons (Fsp3) is 0.727. The lowest BCUT2D eigenvalue weighted by atomic mass is 10.2. The third-order valence-corrected chi connectivity index (χ3v) is 3.01. The molecule has 0 radical (unpaired) electrons. The van der Waals surface area contributed by atoms with E-state index in [1.165, 1.54) is 31.2 Å².